The highest BCUT2D eigenvalue weighted by Gasteiger charge is 2.27. The van der Waals surface area contributed by atoms with Crippen LogP contribution in [0.2, 0.25) is 0 Å². The van der Waals surface area contributed by atoms with Crippen molar-refractivity contribution >= 4 is 45.9 Å². The number of hydrogen-bond acceptors (Lipinski definition) is 7. The van der Waals surface area contributed by atoms with Crippen molar-refractivity contribution in [2.45, 2.75) is 27.7 Å². The van der Waals surface area contributed by atoms with Crippen molar-refractivity contribution in [3.63, 3.8) is 0 Å². The molecule has 0 fully saturated rings. The van der Waals surface area contributed by atoms with E-state index in [-0.39, 0.29) is 25.0 Å². The van der Waals surface area contributed by atoms with E-state index in [2.05, 4.69) is 32.8 Å². The zero-order valence-electron chi connectivity index (χ0n) is 27.0. The molecular formula is C38H33ClN6O3. The number of allylic oxidation sites excluding steroid dienone is 2. The normalized spacial score (nSPS) is 13.8. The van der Waals surface area contributed by atoms with Gasteiger partial charge in [0, 0.05) is 52.4 Å². The lowest BCUT2D eigenvalue weighted by atomic mass is 9.96. The van der Waals surface area contributed by atoms with Crippen LogP contribution in [0, 0.1) is 13.8 Å². The van der Waals surface area contributed by atoms with Crippen LogP contribution in [-0.4, -0.2) is 42.5 Å². The lowest BCUT2D eigenvalue weighted by Crippen LogP contribution is -2.27. The van der Waals surface area contributed by atoms with Crippen LogP contribution in [-0.2, 0) is 9.59 Å². The molecule has 4 aromatic rings. The van der Waals surface area contributed by atoms with Crippen molar-refractivity contribution in [3.8, 4) is 22.3 Å². The molecule has 3 N–H and O–H groups in total. The quantitative estimate of drug-likeness (QED) is 0.234. The molecule has 2 amide bonds. The van der Waals surface area contributed by atoms with Crippen molar-refractivity contribution in [2.24, 2.45) is 20.0 Å². The maximum Gasteiger partial charge on any atom is 0.270 e. The van der Waals surface area contributed by atoms with Crippen LogP contribution in [0.15, 0.2) is 92.0 Å². The molecule has 0 bridgehead atoms. The third-order valence-corrected chi connectivity index (χ3v) is 9.22. The van der Waals surface area contributed by atoms with E-state index in [4.69, 9.17) is 26.7 Å². The minimum Gasteiger partial charge on any atom is -0.395 e. The van der Waals surface area contributed by atoms with Gasteiger partial charge in [0.2, 0.25) is 0 Å². The first kappa shape index (κ1) is 31.4. The van der Waals surface area contributed by atoms with E-state index in [1.54, 1.807) is 0 Å². The summed E-state index contributed by atoms with van der Waals surface area (Å²) in [5.74, 6) is -0.0514. The number of para-hydroxylation sites is 2. The van der Waals surface area contributed by atoms with Crippen molar-refractivity contribution < 1.29 is 14.7 Å². The van der Waals surface area contributed by atoms with E-state index in [1.165, 1.54) is 0 Å². The highest BCUT2D eigenvalue weighted by molar-refractivity contribution is 6.18. The number of amides is 2. The van der Waals surface area contributed by atoms with Crippen molar-refractivity contribution in [2.75, 3.05) is 25.6 Å². The van der Waals surface area contributed by atoms with Gasteiger partial charge < -0.3 is 15.7 Å². The van der Waals surface area contributed by atoms with Gasteiger partial charge in [-0.3, -0.25) is 9.59 Å². The van der Waals surface area contributed by atoms with E-state index in [0.29, 0.717) is 23.8 Å². The van der Waals surface area contributed by atoms with Crippen LogP contribution >= 0.6 is 11.6 Å². The SMILES string of the molecule is CC1=C(C(=O)NCCCl)N=c2cc3c(c(C)c21)=Nc1ccccc1-3.CC1=C(C(=O)NCCO)N=c2cc3c(c(C)c21)=Nc1ccccc1-3. The van der Waals surface area contributed by atoms with Gasteiger partial charge in [-0.2, -0.15) is 0 Å². The van der Waals surface area contributed by atoms with Gasteiger partial charge in [-0.1, -0.05) is 36.4 Å². The van der Waals surface area contributed by atoms with Gasteiger partial charge in [0.25, 0.3) is 11.8 Å². The predicted molar refractivity (Wildman–Crippen MR) is 186 cm³/mol. The Labute approximate surface area is 281 Å². The molecular weight excluding hydrogens is 624 g/mol. The smallest absolute Gasteiger partial charge is 0.270 e. The molecule has 0 aliphatic carbocycles. The van der Waals surface area contributed by atoms with Gasteiger partial charge in [-0.05, 0) is 74.2 Å². The maximum absolute atomic E-state index is 12.3. The topological polar surface area (TPSA) is 128 Å². The molecule has 0 saturated heterocycles. The molecule has 0 atom stereocenters. The number of carbonyl (C=O) groups is 2. The molecule has 0 aromatic heterocycles. The van der Waals surface area contributed by atoms with Gasteiger partial charge >= 0.3 is 0 Å². The highest BCUT2D eigenvalue weighted by atomic mass is 35.5. The molecule has 0 radical (unpaired) electrons. The van der Waals surface area contributed by atoms with E-state index < -0.39 is 0 Å². The number of nitrogens with zero attached hydrogens (tertiary/aromatic N) is 4. The highest BCUT2D eigenvalue weighted by Crippen LogP contribution is 2.35. The Morgan fingerprint density at radius 3 is 1.52 bits per heavy atom. The number of hydrogen-bond donors (Lipinski definition) is 3. The Morgan fingerprint density at radius 1 is 0.646 bits per heavy atom. The molecule has 10 heteroatoms. The standard InChI is InChI=1S/C19H16ClN3O.C19H17N3O2/c1-10-16-11(2)18(19(24)21-8-7-20)23-15(16)9-13-12-5-3-4-6-14(12)22-17(10)13;1-10-16-11(2)18(19(24)20-7-8-23)22-15(16)9-13-12-5-3-4-6-14(12)21-17(10)13/h3-6,9H,7-8H2,1-2H3,(H,21,24);3-6,9,23H,7-8H2,1-2H3,(H,20,24). The van der Waals surface area contributed by atoms with Crippen LogP contribution < -0.4 is 32.1 Å². The summed E-state index contributed by atoms with van der Waals surface area (Å²) in [6.45, 7) is 8.48. The molecule has 9 nitrogen and oxygen atoms in total. The summed E-state index contributed by atoms with van der Waals surface area (Å²) >= 11 is 5.65. The molecule has 0 unspecified atom stereocenters. The first-order valence-electron chi connectivity index (χ1n) is 15.8. The van der Waals surface area contributed by atoms with Crippen LogP contribution in [0.5, 0.6) is 0 Å². The fourth-order valence-electron chi connectivity index (χ4n) is 6.83. The van der Waals surface area contributed by atoms with Crippen molar-refractivity contribution in [1.82, 2.24) is 10.6 Å². The summed E-state index contributed by atoms with van der Waals surface area (Å²) in [6.07, 6.45) is 0. The number of alkyl halides is 1. The van der Waals surface area contributed by atoms with Crippen molar-refractivity contribution in [3.05, 3.63) is 116 Å². The molecule has 4 aliphatic rings. The zero-order valence-corrected chi connectivity index (χ0v) is 27.8. The summed E-state index contributed by atoms with van der Waals surface area (Å²) < 4.78 is 0. The fraction of sp³-hybridized carbons (Fsp3) is 0.211. The van der Waals surface area contributed by atoms with Crippen LogP contribution in [0.4, 0.5) is 11.4 Å². The van der Waals surface area contributed by atoms with Gasteiger partial charge in [-0.25, -0.2) is 20.0 Å². The Balaban J connectivity index is 0.000000152. The Hall–Kier alpha value is -5.25. The summed E-state index contributed by atoms with van der Waals surface area (Å²) in [6, 6.07) is 20.2. The lowest BCUT2D eigenvalue weighted by molar-refractivity contribution is -0.118. The molecule has 48 heavy (non-hydrogen) atoms. The average molecular weight is 657 g/mol. The first-order chi connectivity index (χ1) is 23.2. The number of halogens is 1. The monoisotopic (exact) mass is 656 g/mol. The number of rotatable bonds is 6. The number of carbonyl (C=O) groups excluding carboxylic acids is 2. The molecule has 0 saturated carbocycles. The van der Waals surface area contributed by atoms with Gasteiger partial charge in [-0.15, -0.1) is 11.6 Å². The van der Waals surface area contributed by atoms with Crippen LogP contribution in [0.1, 0.15) is 36.1 Å². The second-order valence-electron chi connectivity index (χ2n) is 11.9. The molecule has 8 rings (SSSR count). The summed E-state index contributed by atoms with van der Waals surface area (Å²) in [4.78, 5) is 43.2. The Kier molecular flexibility index (Phi) is 8.10. The minimum atomic E-state index is -0.255. The summed E-state index contributed by atoms with van der Waals surface area (Å²) in [5, 5.41) is 17.9. The van der Waals surface area contributed by atoms with E-state index >= 15 is 0 Å². The van der Waals surface area contributed by atoms with Crippen LogP contribution in [0.25, 0.3) is 33.4 Å². The Bertz CT molecular complexity index is 2240. The van der Waals surface area contributed by atoms with Gasteiger partial charge in [0.1, 0.15) is 11.4 Å². The third kappa shape index (κ3) is 5.06. The van der Waals surface area contributed by atoms with E-state index in [9.17, 15) is 9.59 Å². The maximum atomic E-state index is 12.3. The van der Waals surface area contributed by atoms with E-state index in [1.807, 2.05) is 76.2 Å². The predicted octanol–water partition coefficient (Wildman–Crippen LogP) is 4.05. The largest absolute Gasteiger partial charge is 0.395 e. The average Bonchev–Trinajstić information content (AvgIpc) is 3.84. The number of nitrogens with one attached hydrogen (secondary N) is 2. The number of aliphatic hydroxyl groups is 1. The van der Waals surface area contributed by atoms with Crippen LogP contribution in [0.3, 0.4) is 0 Å². The number of aliphatic hydroxyl groups excluding tert-OH is 1. The zero-order chi connectivity index (χ0) is 33.7. The third-order valence-electron chi connectivity index (χ3n) is 9.03. The molecule has 4 heterocycles. The van der Waals surface area contributed by atoms with Gasteiger partial charge in [0.05, 0.1) is 39.4 Å². The fourth-order valence-corrected chi connectivity index (χ4v) is 6.92. The summed E-state index contributed by atoms with van der Waals surface area (Å²) in [5.41, 5.74) is 13.1. The second-order valence-corrected chi connectivity index (χ2v) is 12.3. The first-order valence-corrected chi connectivity index (χ1v) is 16.3. The summed E-state index contributed by atoms with van der Waals surface area (Å²) in [7, 11) is 0. The molecule has 240 valence electrons. The lowest BCUT2D eigenvalue weighted by Gasteiger charge is -2.06. The van der Waals surface area contributed by atoms with Gasteiger partial charge in [0.15, 0.2) is 0 Å². The Morgan fingerprint density at radius 2 is 1.08 bits per heavy atom. The minimum absolute atomic E-state index is 0.0893. The number of benzene rings is 4. The molecule has 4 aliphatic heterocycles. The van der Waals surface area contributed by atoms with E-state index in [0.717, 1.165) is 88.5 Å². The molecule has 4 aromatic carbocycles. The van der Waals surface area contributed by atoms with Crippen molar-refractivity contribution in [1.29, 1.82) is 0 Å². The molecule has 0 spiro atoms. The number of fused-ring (bicyclic) bond motifs is 8. The second kappa shape index (κ2) is 12.4.